The molecule has 0 bridgehead atoms. The Morgan fingerprint density at radius 3 is 2.95 bits per heavy atom. The standard InChI is InChI=1S/C13H12BrN5O2/c14-9-1-3-10(4-2-9)17-11(20)5-8-6-19-13(15-7-16-19)18-12(8)21/h1-4,7-8H,5-6H2,(H,17,20)(H,15,16,18,21)/t8-/m1/s1. The van der Waals surface area contributed by atoms with E-state index in [1.165, 1.54) is 6.33 Å². The molecule has 0 saturated heterocycles. The van der Waals surface area contributed by atoms with Crippen molar-refractivity contribution in [3.05, 3.63) is 35.1 Å². The highest BCUT2D eigenvalue weighted by Crippen LogP contribution is 2.19. The second kappa shape index (κ2) is 5.65. The average Bonchev–Trinajstić information content (AvgIpc) is 2.89. The van der Waals surface area contributed by atoms with Crippen molar-refractivity contribution in [3.8, 4) is 0 Å². The number of carbonyl (C=O) groups excluding carboxylic acids is 2. The molecule has 1 atom stereocenters. The topological polar surface area (TPSA) is 88.9 Å². The first-order valence-corrected chi connectivity index (χ1v) is 7.15. The number of anilines is 2. The van der Waals surface area contributed by atoms with Gasteiger partial charge in [-0.05, 0) is 24.3 Å². The van der Waals surface area contributed by atoms with Crippen molar-refractivity contribution < 1.29 is 9.59 Å². The van der Waals surface area contributed by atoms with Crippen molar-refractivity contribution in [2.24, 2.45) is 5.92 Å². The van der Waals surface area contributed by atoms with Gasteiger partial charge in [0.15, 0.2) is 0 Å². The van der Waals surface area contributed by atoms with Crippen LogP contribution >= 0.6 is 15.9 Å². The number of nitrogens with zero attached hydrogens (tertiary/aromatic N) is 3. The van der Waals surface area contributed by atoms with Gasteiger partial charge in [0.2, 0.25) is 17.8 Å². The Kier molecular flexibility index (Phi) is 3.70. The van der Waals surface area contributed by atoms with Crippen LogP contribution in [-0.2, 0) is 16.1 Å². The van der Waals surface area contributed by atoms with Gasteiger partial charge in [-0.1, -0.05) is 15.9 Å². The van der Waals surface area contributed by atoms with Crippen LogP contribution in [0.1, 0.15) is 6.42 Å². The molecule has 0 aliphatic carbocycles. The summed E-state index contributed by atoms with van der Waals surface area (Å²) in [6, 6.07) is 7.26. The van der Waals surface area contributed by atoms with Crippen LogP contribution < -0.4 is 10.6 Å². The first kappa shape index (κ1) is 13.7. The van der Waals surface area contributed by atoms with Crippen molar-refractivity contribution in [2.45, 2.75) is 13.0 Å². The number of fused-ring (bicyclic) bond motifs is 1. The lowest BCUT2D eigenvalue weighted by molar-refractivity contribution is -0.125. The van der Waals surface area contributed by atoms with Crippen molar-refractivity contribution in [2.75, 3.05) is 10.6 Å². The maximum Gasteiger partial charge on any atom is 0.232 e. The smallest absolute Gasteiger partial charge is 0.232 e. The lowest BCUT2D eigenvalue weighted by atomic mass is 10.0. The largest absolute Gasteiger partial charge is 0.326 e. The number of hydrogen-bond donors (Lipinski definition) is 2. The Labute approximate surface area is 128 Å². The Balaban J connectivity index is 1.62. The molecule has 1 aliphatic rings. The molecule has 1 aromatic heterocycles. The molecule has 0 fully saturated rings. The summed E-state index contributed by atoms with van der Waals surface area (Å²) in [6.07, 6.45) is 1.47. The number of carbonyl (C=O) groups is 2. The molecule has 2 aromatic rings. The van der Waals surface area contributed by atoms with E-state index in [1.807, 2.05) is 12.1 Å². The van der Waals surface area contributed by atoms with E-state index in [0.717, 1.165) is 4.47 Å². The third-order valence-electron chi connectivity index (χ3n) is 3.17. The highest BCUT2D eigenvalue weighted by molar-refractivity contribution is 9.10. The molecule has 0 spiro atoms. The molecule has 7 nitrogen and oxygen atoms in total. The molecule has 2 heterocycles. The lowest BCUT2D eigenvalue weighted by Crippen LogP contribution is -2.36. The zero-order valence-electron chi connectivity index (χ0n) is 10.9. The van der Waals surface area contributed by atoms with E-state index in [0.29, 0.717) is 18.2 Å². The number of aromatic nitrogens is 3. The van der Waals surface area contributed by atoms with Crippen LogP contribution in [0.15, 0.2) is 35.1 Å². The minimum Gasteiger partial charge on any atom is -0.326 e. The number of nitrogens with one attached hydrogen (secondary N) is 2. The van der Waals surface area contributed by atoms with Crippen molar-refractivity contribution in [1.29, 1.82) is 0 Å². The molecule has 8 heteroatoms. The van der Waals surface area contributed by atoms with Crippen LogP contribution in [0.3, 0.4) is 0 Å². The SMILES string of the molecule is O=C(C[C@@H]1Cn2ncnc2NC1=O)Nc1ccc(Br)cc1. The summed E-state index contributed by atoms with van der Waals surface area (Å²) in [7, 11) is 0. The highest BCUT2D eigenvalue weighted by Gasteiger charge is 2.29. The van der Waals surface area contributed by atoms with Crippen molar-refractivity contribution >= 4 is 39.4 Å². The van der Waals surface area contributed by atoms with E-state index < -0.39 is 5.92 Å². The van der Waals surface area contributed by atoms with Gasteiger partial charge in [0.25, 0.3) is 0 Å². The monoisotopic (exact) mass is 349 g/mol. The lowest BCUT2D eigenvalue weighted by Gasteiger charge is -2.21. The van der Waals surface area contributed by atoms with Crippen LogP contribution in [-0.4, -0.2) is 26.6 Å². The highest BCUT2D eigenvalue weighted by atomic mass is 79.9. The molecule has 0 saturated carbocycles. The Hall–Kier alpha value is -2.22. The maximum absolute atomic E-state index is 12.0. The van der Waals surface area contributed by atoms with Gasteiger partial charge in [-0.25, -0.2) is 4.68 Å². The molecule has 21 heavy (non-hydrogen) atoms. The fraction of sp³-hybridized carbons (Fsp3) is 0.231. The molecule has 3 rings (SSSR count). The van der Waals surface area contributed by atoms with E-state index >= 15 is 0 Å². The fourth-order valence-corrected chi connectivity index (χ4v) is 2.39. The second-order valence-electron chi connectivity index (χ2n) is 4.71. The zero-order chi connectivity index (χ0) is 14.8. The molecule has 2 amide bonds. The molecule has 2 N–H and O–H groups in total. The summed E-state index contributed by atoms with van der Waals surface area (Å²) >= 11 is 3.33. The van der Waals surface area contributed by atoms with E-state index in [1.54, 1.807) is 16.8 Å². The van der Waals surface area contributed by atoms with E-state index in [-0.39, 0.29) is 18.2 Å². The summed E-state index contributed by atoms with van der Waals surface area (Å²) in [5.74, 6) is -0.443. The first-order chi connectivity index (χ1) is 10.1. The van der Waals surface area contributed by atoms with Crippen LogP contribution in [0, 0.1) is 5.92 Å². The third kappa shape index (κ3) is 3.10. The summed E-state index contributed by atoms with van der Waals surface area (Å²) in [5.41, 5.74) is 0.695. The number of rotatable bonds is 3. The minimum absolute atomic E-state index is 0.0984. The molecular weight excluding hydrogens is 338 g/mol. The van der Waals surface area contributed by atoms with Crippen LogP contribution in [0.25, 0.3) is 0 Å². The summed E-state index contributed by atoms with van der Waals surface area (Å²) in [4.78, 5) is 27.8. The maximum atomic E-state index is 12.0. The number of amides is 2. The van der Waals surface area contributed by atoms with Gasteiger partial charge in [-0.15, -0.1) is 0 Å². The molecule has 0 unspecified atom stereocenters. The number of halogens is 1. The van der Waals surface area contributed by atoms with E-state index in [2.05, 4.69) is 36.6 Å². The predicted molar refractivity (Wildman–Crippen MR) is 79.5 cm³/mol. The molecular formula is C13H12BrN5O2. The molecule has 108 valence electrons. The summed E-state index contributed by atoms with van der Waals surface area (Å²) in [6.45, 7) is 0.356. The van der Waals surface area contributed by atoms with Gasteiger partial charge >= 0.3 is 0 Å². The summed E-state index contributed by atoms with van der Waals surface area (Å²) < 4.78 is 2.52. The predicted octanol–water partition coefficient (Wildman–Crippen LogP) is 1.64. The third-order valence-corrected chi connectivity index (χ3v) is 3.70. The Morgan fingerprint density at radius 2 is 2.19 bits per heavy atom. The van der Waals surface area contributed by atoms with E-state index in [4.69, 9.17) is 0 Å². The van der Waals surface area contributed by atoms with Gasteiger partial charge in [0, 0.05) is 16.6 Å². The van der Waals surface area contributed by atoms with Crippen LogP contribution in [0.5, 0.6) is 0 Å². The molecule has 1 aliphatic heterocycles. The first-order valence-electron chi connectivity index (χ1n) is 6.36. The summed E-state index contributed by atoms with van der Waals surface area (Å²) in [5, 5.41) is 9.40. The van der Waals surface area contributed by atoms with Gasteiger partial charge in [0.05, 0.1) is 12.5 Å². The van der Waals surface area contributed by atoms with Gasteiger partial charge in [0.1, 0.15) is 6.33 Å². The molecule has 1 aromatic carbocycles. The number of benzene rings is 1. The Bertz CT molecular complexity index is 682. The van der Waals surface area contributed by atoms with Crippen molar-refractivity contribution in [3.63, 3.8) is 0 Å². The Morgan fingerprint density at radius 1 is 1.43 bits per heavy atom. The molecule has 0 radical (unpaired) electrons. The zero-order valence-corrected chi connectivity index (χ0v) is 12.5. The normalized spacial score (nSPS) is 17.0. The van der Waals surface area contributed by atoms with Crippen molar-refractivity contribution in [1.82, 2.24) is 14.8 Å². The fourth-order valence-electron chi connectivity index (χ4n) is 2.12. The van der Waals surface area contributed by atoms with Gasteiger partial charge in [-0.3, -0.25) is 14.9 Å². The second-order valence-corrected chi connectivity index (χ2v) is 5.63. The van der Waals surface area contributed by atoms with E-state index in [9.17, 15) is 9.59 Å². The van der Waals surface area contributed by atoms with Gasteiger partial charge < -0.3 is 5.32 Å². The van der Waals surface area contributed by atoms with Crippen LogP contribution in [0.4, 0.5) is 11.6 Å². The quantitative estimate of drug-likeness (QED) is 0.881. The minimum atomic E-state index is -0.449. The van der Waals surface area contributed by atoms with Crippen LogP contribution in [0.2, 0.25) is 0 Å². The average molecular weight is 350 g/mol. The van der Waals surface area contributed by atoms with Gasteiger partial charge in [-0.2, -0.15) is 10.1 Å². The number of hydrogen-bond acceptors (Lipinski definition) is 4.